The molecule has 114 valence electrons. The molecule has 0 atom stereocenters. The van der Waals surface area contributed by atoms with Gasteiger partial charge in [0, 0.05) is 13.1 Å². The molecule has 0 spiro atoms. The maximum atomic E-state index is 10.6. The van der Waals surface area contributed by atoms with Crippen LogP contribution >= 0.6 is 0 Å². The lowest BCUT2D eigenvalue weighted by atomic mass is 10.4. The molecule has 0 unspecified atom stereocenters. The molecular weight excluding hydrogens is 274 g/mol. The predicted molar refractivity (Wildman–Crippen MR) is 79.0 cm³/mol. The summed E-state index contributed by atoms with van der Waals surface area (Å²) in [4.78, 5) is 19.3. The van der Waals surface area contributed by atoms with Gasteiger partial charge in [-0.25, -0.2) is 0 Å². The van der Waals surface area contributed by atoms with Gasteiger partial charge in [-0.15, -0.1) is 0 Å². The highest BCUT2D eigenvalue weighted by atomic mass is 16.5. The first-order valence-electron chi connectivity index (χ1n) is 6.75. The lowest BCUT2D eigenvalue weighted by Crippen LogP contribution is -2.20. The van der Waals surface area contributed by atoms with Gasteiger partial charge in [-0.1, -0.05) is 6.92 Å². The number of hydrogen-bond acceptors (Lipinski definition) is 7. The smallest absolute Gasteiger partial charge is 0.243 e. The van der Waals surface area contributed by atoms with Crippen molar-refractivity contribution < 1.29 is 9.53 Å². The molecule has 0 fully saturated rings. The Balaban J connectivity index is 1.99. The number of primary amides is 1. The average Bonchev–Trinajstić information content (AvgIpc) is 2.92. The summed E-state index contributed by atoms with van der Waals surface area (Å²) < 4.78 is 5.09. The molecule has 0 aromatic carbocycles. The normalized spacial score (nSPS) is 10.7. The number of H-pyrrole nitrogens is 1. The number of carbonyl (C=O) groups excluding carboxylic acids is 1. The molecule has 21 heavy (non-hydrogen) atoms. The zero-order chi connectivity index (χ0) is 15.1. The van der Waals surface area contributed by atoms with Crippen LogP contribution in [0.15, 0.2) is 6.20 Å². The Morgan fingerprint density at radius 3 is 3.00 bits per heavy atom. The molecule has 2 rings (SSSR count). The van der Waals surface area contributed by atoms with Crippen molar-refractivity contribution in [2.24, 2.45) is 5.73 Å². The van der Waals surface area contributed by atoms with Crippen molar-refractivity contribution in [3.63, 3.8) is 0 Å². The molecule has 2 aromatic heterocycles. The van der Waals surface area contributed by atoms with Crippen molar-refractivity contribution in [3.8, 4) is 0 Å². The number of nitrogens with zero attached hydrogens (tertiary/aromatic N) is 3. The van der Waals surface area contributed by atoms with Crippen LogP contribution < -0.4 is 16.4 Å². The van der Waals surface area contributed by atoms with Crippen LogP contribution in [0.5, 0.6) is 0 Å². The van der Waals surface area contributed by atoms with E-state index in [1.807, 2.05) is 0 Å². The number of anilines is 2. The van der Waals surface area contributed by atoms with E-state index in [0.717, 1.165) is 18.4 Å². The van der Waals surface area contributed by atoms with Gasteiger partial charge in [0.2, 0.25) is 11.9 Å². The number of carbonyl (C=O) groups is 1. The van der Waals surface area contributed by atoms with Gasteiger partial charge in [0.05, 0.1) is 18.2 Å². The van der Waals surface area contributed by atoms with Gasteiger partial charge in [0.15, 0.2) is 5.65 Å². The molecule has 9 nitrogen and oxygen atoms in total. The number of aromatic nitrogens is 4. The van der Waals surface area contributed by atoms with Crippen LogP contribution in [0.3, 0.4) is 0 Å². The molecule has 0 radical (unpaired) electrons. The second kappa shape index (κ2) is 7.39. The number of fused-ring (bicyclic) bond motifs is 1. The number of nitrogens with one attached hydrogen (secondary N) is 3. The third kappa shape index (κ3) is 4.28. The van der Waals surface area contributed by atoms with Gasteiger partial charge in [-0.2, -0.15) is 15.1 Å². The topological polar surface area (TPSA) is 131 Å². The summed E-state index contributed by atoms with van der Waals surface area (Å²) in [5.74, 6) is 0.712. The minimum Gasteiger partial charge on any atom is -0.370 e. The van der Waals surface area contributed by atoms with E-state index < -0.39 is 5.91 Å². The predicted octanol–water partition coefficient (Wildman–Crippen LogP) is 0.0886. The lowest BCUT2D eigenvalue weighted by Gasteiger charge is -2.09. The van der Waals surface area contributed by atoms with Crippen LogP contribution in [0.2, 0.25) is 0 Å². The molecule has 0 aliphatic carbocycles. The molecule has 0 bridgehead atoms. The van der Waals surface area contributed by atoms with E-state index in [-0.39, 0.29) is 6.61 Å². The Labute approximate surface area is 121 Å². The van der Waals surface area contributed by atoms with E-state index >= 15 is 0 Å². The third-order valence-electron chi connectivity index (χ3n) is 2.63. The van der Waals surface area contributed by atoms with Crippen molar-refractivity contribution in [1.82, 2.24) is 20.2 Å². The summed E-state index contributed by atoms with van der Waals surface area (Å²) in [5, 5.41) is 13.8. The summed E-state index contributed by atoms with van der Waals surface area (Å²) in [6.07, 6.45) is 2.64. The quantitative estimate of drug-likeness (QED) is 0.482. The summed E-state index contributed by atoms with van der Waals surface area (Å²) >= 11 is 0. The summed E-state index contributed by atoms with van der Waals surface area (Å²) in [6, 6.07) is 0. The summed E-state index contributed by atoms with van der Waals surface area (Å²) in [5.41, 5.74) is 5.64. The summed E-state index contributed by atoms with van der Waals surface area (Å²) in [6.45, 7) is 3.62. The van der Waals surface area contributed by atoms with Gasteiger partial charge in [-0.3, -0.25) is 9.89 Å². The fourth-order valence-corrected chi connectivity index (χ4v) is 1.70. The number of nitrogens with two attached hydrogens (primary N) is 1. The van der Waals surface area contributed by atoms with E-state index in [9.17, 15) is 4.79 Å². The van der Waals surface area contributed by atoms with Gasteiger partial charge >= 0.3 is 0 Å². The largest absolute Gasteiger partial charge is 0.370 e. The molecule has 0 saturated carbocycles. The fraction of sp³-hybridized carbons (Fsp3) is 0.500. The number of rotatable bonds is 9. The number of ether oxygens (including phenoxy) is 1. The number of amides is 1. The number of hydrogen-bond donors (Lipinski definition) is 4. The Kier molecular flexibility index (Phi) is 5.27. The first kappa shape index (κ1) is 15.0. The van der Waals surface area contributed by atoms with Crippen molar-refractivity contribution in [2.75, 3.05) is 36.9 Å². The molecule has 0 saturated heterocycles. The first-order chi connectivity index (χ1) is 10.2. The molecule has 0 aliphatic heterocycles. The monoisotopic (exact) mass is 293 g/mol. The van der Waals surface area contributed by atoms with Gasteiger partial charge in [0.25, 0.3) is 0 Å². The van der Waals surface area contributed by atoms with Crippen LogP contribution in [0, 0.1) is 0 Å². The van der Waals surface area contributed by atoms with E-state index in [4.69, 9.17) is 10.5 Å². The van der Waals surface area contributed by atoms with E-state index in [0.29, 0.717) is 30.6 Å². The molecule has 2 aromatic rings. The van der Waals surface area contributed by atoms with Gasteiger partial charge in [-0.05, 0) is 6.42 Å². The SMILES string of the molecule is CCCNc1nc(NCCOCC(N)=O)c2cn[nH]c2n1. The van der Waals surface area contributed by atoms with Crippen LogP contribution in [0.4, 0.5) is 11.8 Å². The Hall–Kier alpha value is -2.42. The number of aromatic amines is 1. The Bertz CT molecular complexity index is 598. The van der Waals surface area contributed by atoms with Gasteiger partial charge in [0.1, 0.15) is 12.4 Å². The molecule has 1 amide bonds. The van der Waals surface area contributed by atoms with Crippen molar-refractivity contribution in [3.05, 3.63) is 6.20 Å². The van der Waals surface area contributed by atoms with E-state index in [2.05, 4.69) is 37.7 Å². The van der Waals surface area contributed by atoms with Crippen LogP contribution in [-0.4, -0.2) is 52.4 Å². The highest BCUT2D eigenvalue weighted by Gasteiger charge is 2.08. The minimum absolute atomic E-state index is 0.0874. The van der Waals surface area contributed by atoms with E-state index in [1.54, 1.807) is 6.20 Å². The van der Waals surface area contributed by atoms with Crippen LogP contribution in [0.1, 0.15) is 13.3 Å². The highest BCUT2D eigenvalue weighted by molar-refractivity contribution is 5.86. The maximum Gasteiger partial charge on any atom is 0.243 e. The van der Waals surface area contributed by atoms with Crippen molar-refractivity contribution in [1.29, 1.82) is 0 Å². The van der Waals surface area contributed by atoms with Gasteiger partial charge < -0.3 is 21.1 Å². The summed E-state index contributed by atoms with van der Waals surface area (Å²) in [7, 11) is 0. The molecule has 2 heterocycles. The second-order valence-electron chi connectivity index (χ2n) is 4.40. The molecular formula is C12H19N7O2. The lowest BCUT2D eigenvalue weighted by molar-refractivity contribution is -0.122. The zero-order valence-electron chi connectivity index (χ0n) is 11.8. The standard InChI is InChI=1S/C12H19N7O2/c1-2-3-15-12-17-10(8-6-16-19-11(8)18-12)14-4-5-21-7-9(13)20/h6H,2-5,7H2,1H3,(H2,13,20)(H3,14,15,16,17,18,19). The fourth-order valence-electron chi connectivity index (χ4n) is 1.70. The molecule has 5 N–H and O–H groups in total. The maximum absolute atomic E-state index is 10.6. The Morgan fingerprint density at radius 1 is 1.38 bits per heavy atom. The molecule has 9 heteroatoms. The third-order valence-corrected chi connectivity index (χ3v) is 2.63. The minimum atomic E-state index is -0.486. The average molecular weight is 293 g/mol. The van der Waals surface area contributed by atoms with Crippen molar-refractivity contribution in [2.45, 2.75) is 13.3 Å². The molecule has 0 aliphatic rings. The highest BCUT2D eigenvalue weighted by Crippen LogP contribution is 2.19. The van der Waals surface area contributed by atoms with Crippen LogP contribution in [0.25, 0.3) is 11.0 Å². The first-order valence-corrected chi connectivity index (χ1v) is 6.75. The second-order valence-corrected chi connectivity index (χ2v) is 4.40. The van der Waals surface area contributed by atoms with Crippen molar-refractivity contribution >= 4 is 28.7 Å². The van der Waals surface area contributed by atoms with E-state index in [1.165, 1.54) is 0 Å². The van der Waals surface area contributed by atoms with Crippen LogP contribution in [-0.2, 0) is 9.53 Å². The zero-order valence-corrected chi connectivity index (χ0v) is 11.8. The Morgan fingerprint density at radius 2 is 2.24 bits per heavy atom.